The average Bonchev–Trinajstić information content (AvgIpc) is 2.42. The van der Waals surface area contributed by atoms with E-state index in [1.807, 2.05) is 45.0 Å². The van der Waals surface area contributed by atoms with Crippen LogP contribution >= 0.6 is 0 Å². The molecule has 0 saturated heterocycles. The van der Waals surface area contributed by atoms with Gasteiger partial charge in [0.25, 0.3) is 0 Å². The van der Waals surface area contributed by atoms with Crippen LogP contribution in [0, 0.1) is 0 Å². The van der Waals surface area contributed by atoms with Gasteiger partial charge in [0.2, 0.25) is 0 Å². The van der Waals surface area contributed by atoms with Crippen LogP contribution in [-0.2, 0) is 16.1 Å². The van der Waals surface area contributed by atoms with Gasteiger partial charge in [-0.3, -0.25) is 0 Å². The summed E-state index contributed by atoms with van der Waals surface area (Å²) in [6.07, 6.45) is 1.70. The van der Waals surface area contributed by atoms with Gasteiger partial charge in [-0.05, 0) is 45.4 Å². The Hall–Kier alpha value is -1.68. The van der Waals surface area contributed by atoms with Crippen LogP contribution in [0.4, 0.5) is 0 Å². The van der Waals surface area contributed by atoms with Gasteiger partial charge in [-0.1, -0.05) is 29.4 Å². The lowest BCUT2D eigenvalue weighted by Gasteiger charge is -2.09. The molecule has 0 saturated carbocycles. The molecule has 0 aromatic heterocycles. The fourth-order valence-corrected chi connectivity index (χ4v) is 1.59. The monoisotopic (exact) mass is 262 g/mol. The fraction of sp³-hybridized carbons (Fsp3) is 0.467. The summed E-state index contributed by atoms with van der Waals surface area (Å²) in [4.78, 5) is 16.0. The van der Waals surface area contributed by atoms with Gasteiger partial charge >= 0.3 is 0 Å². The molecule has 0 aliphatic heterocycles. The Kier molecular flexibility index (Phi) is 6.22. The van der Waals surface area contributed by atoms with E-state index in [0.29, 0.717) is 6.42 Å². The maximum Gasteiger partial charge on any atom is 0.137 e. The summed E-state index contributed by atoms with van der Waals surface area (Å²) >= 11 is 0. The number of carbonyl (C=O) groups excluding carboxylic acids is 1. The predicted octanol–water partition coefficient (Wildman–Crippen LogP) is 2.17. The third kappa shape index (κ3) is 5.22. The van der Waals surface area contributed by atoms with Gasteiger partial charge < -0.3 is 14.9 Å². The molecule has 0 bridgehead atoms. The van der Waals surface area contributed by atoms with Crippen molar-refractivity contribution in [1.82, 2.24) is 5.32 Å². The first-order valence-electron chi connectivity index (χ1n) is 6.49. The lowest BCUT2D eigenvalue weighted by molar-refractivity contribution is -0.109. The van der Waals surface area contributed by atoms with Crippen LogP contribution < -0.4 is 5.32 Å². The van der Waals surface area contributed by atoms with Crippen molar-refractivity contribution in [3.8, 4) is 0 Å². The quantitative estimate of drug-likeness (QED) is 0.465. The van der Waals surface area contributed by atoms with E-state index < -0.39 is 0 Å². The second-order valence-corrected chi connectivity index (χ2v) is 4.76. The third-order valence-electron chi connectivity index (χ3n) is 2.76. The van der Waals surface area contributed by atoms with Crippen LogP contribution in [0.15, 0.2) is 29.4 Å². The van der Waals surface area contributed by atoms with Crippen molar-refractivity contribution in [2.75, 3.05) is 7.05 Å². The van der Waals surface area contributed by atoms with Crippen LogP contribution in [-0.4, -0.2) is 31.2 Å². The van der Waals surface area contributed by atoms with Crippen LogP contribution in [0.1, 0.15) is 31.9 Å². The van der Waals surface area contributed by atoms with Gasteiger partial charge in [-0.15, -0.1) is 0 Å². The Morgan fingerprint density at radius 2 is 2.00 bits per heavy atom. The Morgan fingerprint density at radius 1 is 1.37 bits per heavy atom. The first kappa shape index (κ1) is 15.4. The first-order chi connectivity index (χ1) is 9.06. The molecule has 1 unspecified atom stereocenters. The number of rotatable bonds is 7. The van der Waals surface area contributed by atoms with Crippen molar-refractivity contribution in [3.05, 3.63) is 35.4 Å². The van der Waals surface area contributed by atoms with E-state index in [4.69, 9.17) is 4.84 Å². The molecule has 0 amide bonds. The molecule has 104 valence electrons. The maximum atomic E-state index is 10.8. The lowest BCUT2D eigenvalue weighted by Crippen LogP contribution is -2.28. The average molecular weight is 262 g/mol. The van der Waals surface area contributed by atoms with Crippen LogP contribution in [0.2, 0.25) is 0 Å². The standard InChI is InChI=1S/C15H22N2O2/c1-11(2)19-17-12(3)14-7-5-13(6-8-14)9-15(10-18)16-4/h5-8,10-11,15-16H,9H2,1-4H3/b17-12-. The molecule has 4 nitrogen and oxygen atoms in total. The molecule has 1 aromatic rings. The zero-order chi connectivity index (χ0) is 14.3. The molecule has 0 aliphatic carbocycles. The molecule has 19 heavy (non-hydrogen) atoms. The number of aldehydes is 1. The van der Waals surface area contributed by atoms with E-state index in [0.717, 1.165) is 23.1 Å². The second-order valence-electron chi connectivity index (χ2n) is 4.76. The minimum Gasteiger partial charge on any atom is -0.393 e. The van der Waals surface area contributed by atoms with Gasteiger partial charge in [0.15, 0.2) is 0 Å². The number of oxime groups is 1. The minimum atomic E-state index is -0.134. The summed E-state index contributed by atoms with van der Waals surface area (Å²) in [5.41, 5.74) is 2.99. The number of nitrogens with zero attached hydrogens (tertiary/aromatic N) is 1. The maximum absolute atomic E-state index is 10.8. The van der Waals surface area contributed by atoms with E-state index >= 15 is 0 Å². The molecule has 1 rings (SSSR count). The molecule has 1 atom stereocenters. The summed E-state index contributed by atoms with van der Waals surface area (Å²) in [7, 11) is 1.79. The topological polar surface area (TPSA) is 50.7 Å². The Balaban J connectivity index is 2.70. The summed E-state index contributed by atoms with van der Waals surface area (Å²) in [6.45, 7) is 5.80. The molecule has 0 heterocycles. The number of carbonyl (C=O) groups is 1. The molecule has 4 heteroatoms. The molecule has 0 fully saturated rings. The van der Waals surface area contributed by atoms with Crippen LogP contribution in [0.5, 0.6) is 0 Å². The zero-order valence-electron chi connectivity index (χ0n) is 12.0. The Labute approximate surface area is 114 Å². The van der Waals surface area contributed by atoms with Crippen LogP contribution in [0.3, 0.4) is 0 Å². The molecule has 1 N–H and O–H groups in total. The predicted molar refractivity (Wildman–Crippen MR) is 77.5 cm³/mol. The van der Waals surface area contributed by atoms with E-state index in [2.05, 4.69) is 10.5 Å². The highest BCUT2D eigenvalue weighted by atomic mass is 16.6. The van der Waals surface area contributed by atoms with Crippen molar-refractivity contribution in [1.29, 1.82) is 0 Å². The van der Waals surface area contributed by atoms with Gasteiger partial charge in [-0.25, -0.2) is 0 Å². The Bertz CT molecular complexity index is 424. The van der Waals surface area contributed by atoms with Gasteiger partial charge in [-0.2, -0.15) is 0 Å². The SMILES string of the molecule is CNC(C=O)Cc1ccc(/C(C)=N\OC(C)C)cc1. The highest BCUT2D eigenvalue weighted by molar-refractivity contribution is 5.98. The highest BCUT2D eigenvalue weighted by Gasteiger charge is 2.06. The molecular formula is C15H22N2O2. The highest BCUT2D eigenvalue weighted by Crippen LogP contribution is 2.08. The van der Waals surface area contributed by atoms with Crippen molar-refractivity contribution < 1.29 is 9.63 Å². The van der Waals surface area contributed by atoms with E-state index in [-0.39, 0.29) is 12.1 Å². The molecule has 0 aliphatic rings. The van der Waals surface area contributed by atoms with E-state index in [1.54, 1.807) is 7.05 Å². The summed E-state index contributed by atoms with van der Waals surface area (Å²) < 4.78 is 0. The minimum absolute atomic E-state index is 0.0817. The number of likely N-dealkylation sites (N-methyl/N-ethyl adjacent to an activating group) is 1. The van der Waals surface area contributed by atoms with Crippen molar-refractivity contribution >= 4 is 12.0 Å². The lowest BCUT2D eigenvalue weighted by atomic mass is 10.0. The normalized spacial score (nSPS) is 13.4. The summed E-state index contributed by atoms with van der Waals surface area (Å²) in [5, 5.41) is 7.02. The third-order valence-corrected chi connectivity index (χ3v) is 2.76. The second kappa shape index (κ2) is 7.69. The Morgan fingerprint density at radius 3 is 2.47 bits per heavy atom. The van der Waals surface area contributed by atoms with Crippen LogP contribution in [0.25, 0.3) is 0 Å². The molecule has 1 aromatic carbocycles. The van der Waals surface area contributed by atoms with Crippen molar-refractivity contribution in [3.63, 3.8) is 0 Å². The number of hydrogen-bond acceptors (Lipinski definition) is 4. The molecule has 0 radical (unpaired) electrons. The van der Waals surface area contributed by atoms with E-state index in [9.17, 15) is 4.79 Å². The largest absolute Gasteiger partial charge is 0.393 e. The van der Waals surface area contributed by atoms with E-state index in [1.165, 1.54) is 0 Å². The number of hydrogen-bond donors (Lipinski definition) is 1. The first-order valence-corrected chi connectivity index (χ1v) is 6.49. The van der Waals surface area contributed by atoms with Crippen molar-refractivity contribution in [2.45, 2.75) is 39.3 Å². The smallest absolute Gasteiger partial charge is 0.137 e. The van der Waals surface area contributed by atoms with Gasteiger partial charge in [0, 0.05) is 0 Å². The van der Waals surface area contributed by atoms with Gasteiger partial charge in [0.1, 0.15) is 12.4 Å². The molecule has 0 spiro atoms. The summed E-state index contributed by atoms with van der Waals surface area (Å²) in [6, 6.07) is 7.88. The number of benzene rings is 1. The number of nitrogens with one attached hydrogen (secondary N) is 1. The zero-order valence-corrected chi connectivity index (χ0v) is 12.0. The summed E-state index contributed by atoms with van der Waals surface area (Å²) in [5.74, 6) is 0. The molecular weight excluding hydrogens is 240 g/mol. The van der Waals surface area contributed by atoms with Gasteiger partial charge in [0.05, 0.1) is 11.8 Å². The van der Waals surface area contributed by atoms with Crippen molar-refractivity contribution in [2.24, 2.45) is 5.16 Å². The fourth-order valence-electron chi connectivity index (χ4n) is 1.59.